The monoisotopic (exact) mass is 250 g/mol. The van der Waals surface area contributed by atoms with Gasteiger partial charge >= 0.3 is 0 Å². The summed E-state index contributed by atoms with van der Waals surface area (Å²) in [5.74, 6) is 1.60. The van der Waals surface area contributed by atoms with Crippen molar-refractivity contribution in [3.63, 3.8) is 0 Å². The Bertz CT molecular complexity index is 695. The van der Waals surface area contributed by atoms with Crippen molar-refractivity contribution in [3.8, 4) is 0 Å². The smallest absolute Gasteiger partial charge is 0.138 e. The number of anilines is 1. The zero-order valence-corrected chi connectivity index (χ0v) is 10.7. The molecular weight excluding hydrogens is 236 g/mol. The van der Waals surface area contributed by atoms with Crippen molar-refractivity contribution in [1.82, 2.24) is 15.0 Å². The molecule has 0 aliphatic heterocycles. The molecule has 0 saturated carbocycles. The minimum atomic E-state index is 0.745. The van der Waals surface area contributed by atoms with E-state index < -0.39 is 0 Å². The first-order valence-corrected chi connectivity index (χ1v) is 6.19. The molecule has 0 saturated heterocycles. The molecule has 0 aliphatic rings. The summed E-state index contributed by atoms with van der Waals surface area (Å²) in [6, 6.07) is 12.2. The third kappa shape index (κ3) is 2.52. The van der Waals surface area contributed by atoms with Crippen LogP contribution in [0.1, 0.15) is 11.4 Å². The molecule has 0 radical (unpaired) electrons. The fourth-order valence-corrected chi connectivity index (χ4v) is 2.01. The van der Waals surface area contributed by atoms with Gasteiger partial charge in [-0.05, 0) is 18.6 Å². The second kappa shape index (κ2) is 5.02. The highest BCUT2D eigenvalue weighted by molar-refractivity contribution is 5.88. The quantitative estimate of drug-likeness (QED) is 0.776. The Kier molecular flexibility index (Phi) is 3.06. The summed E-state index contributed by atoms with van der Waals surface area (Å²) in [5.41, 5.74) is 2.09. The number of nitrogens with one attached hydrogen (secondary N) is 1. The molecule has 4 nitrogen and oxygen atoms in total. The third-order valence-corrected chi connectivity index (χ3v) is 2.91. The number of fused-ring (bicyclic) bond motifs is 1. The van der Waals surface area contributed by atoms with Crippen LogP contribution in [0.4, 0.5) is 5.82 Å². The molecule has 2 aromatic heterocycles. The first kappa shape index (κ1) is 11.6. The molecule has 94 valence electrons. The molecule has 0 fully saturated rings. The van der Waals surface area contributed by atoms with Gasteiger partial charge in [0, 0.05) is 18.1 Å². The maximum atomic E-state index is 4.47. The zero-order chi connectivity index (χ0) is 13.1. The summed E-state index contributed by atoms with van der Waals surface area (Å²) in [4.78, 5) is 12.9. The van der Waals surface area contributed by atoms with E-state index >= 15 is 0 Å². The lowest BCUT2D eigenvalue weighted by atomic mass is 10.2. The van der Waals surface area contributed by atoms with E-state index in [0.717, 1.165) is 29.1 Å². The molecule has 19 heavy (non-hydrogen) atoms. The van der Waals surface area contributed by atoms with Crippen LogP contribution >= 0.6 is 0 Å². The van der Waals surface area contributed by atoms with Crippen molar-refractivity contribution in [3.05, 3.63) is 60.2 Å². The average molecular weight is 250 g/mol. The van der Waals surface area contributed by atoms with E-state index in [0.29, 0.717) is 0 Å². The number of benzene rings is 1. The largest absolute Gasteiger partial charge is 0.365 e. The van der Waals surface area contributed by atoms with Gasteiger partial charge in [0.2, 0.25) is 0 Å². The fraction of sp³-hybridized carbons (Fsp3) is 0.133. The predicted octanol–water partition coefficient (Wildman–Crippen LogP) is 2.95. The van der Waals surface area contributed by atoms with E-state index in [9.17, 15) is 0 Å². The molecule has 0 aliphatic carbocycles. The van der Waals surface area contributed by atoms with E-state index in [4.69, 9.17) is 0 Å². The van der Waals surface area contributed by atoms with Crippen LogP contribution in [0.3, 0.4) is 0 Å². The fourth-order valence-electron chi connectivity index (χ4n) is 2.01. The minimum absolute atomic E-state index is 0.745. The van der Waals surface area contributed by atoms with Crippen molar-refractivity contribution in [1.29, 1.82) is 0 Å². The Morgan fingerprint density at radius 1 is 1.05 bits per heavy atom. The van der Waals surface area contributed by atoms with Gasteiger partial charge in [-0.25, -0.2) is 9.97 Å². The summed E-state index contributed by atoms with van der Waals surface area (Å²) in [6.07, 6.45) is 3.52. The van der Waals surface area contributed by atoms with Gasteiger partial charge in [-0.1, -0.05) is 30.3 Å². The highest BCUT2D eigenvalue weighted by Gasteiger charge is 2.05. The summed E-state index contributed by atoms with van der Waals surface area (Å²) >= 11 is 0. The zero-order valence-electron chi connectivity index (χ0n) is 10.7. The first-order chi connectivity index (χ1) is 9.33. The van der Waals surface area contributed by atoms with Gasteiger partial charge in [-0.3, -0.25) is 4.98 Å². The second-order valence-electron chi connectivity index (χ2n) is 4.35. The molecule has 0 amide bonds. The number of rotatable bonds is 3. The van der Waals surface area contributed by atoms with Crippen molar-refractivity contribution in [2.75, 3.05) is 5.32 Å². The topological polar surface area (TPSA) is 50.7 Å². The lowest BCUT2D eigenvalue weighted by Gasteiger charge is -2.09. The van der Waals surface area contributed by atoms with E-state index in [2.05, 4.69) is 32.4 Å². The van der Waals surface area contributed by atoms with Crippen LogP contribution in [0.25, 0.3) is 10.9 Å². The van der Waals surface area contributed by atoms with Crippen LogP contribution in [-0.2, 0) is 6.54 Å². The molecule has 0 spiro atoms. The summed E-state index contributed by atoms with van der Waals surface area (Å²) in [5, 5.41) is 4.36. The van der Waals surface area contributed by atoms with Crippen molar-refractivity contribution in [2.24, 2.45) is 0 Å². The maximum absolute atomic E-state index is 4.47. The number of hydrogen-bond acceptors (Lipinski definition) is 4. The number of hydrogen-bond donors (Lipinski definition) is 1. The Hall–Kier alpha value is -2.49. The van der Waals surface area contributed by atoms with Gasteiger partial charge in [0.15, 0.2) is 0 Å². The van der Waals surface area contributed by atoms with Crippen LogP contribution in [0, 0.1) is 6.92 Å². The van der Waals surface area contributed by atoms with Gasteiger partial charge in [0.25, 0.3) is 0 Å². The molecule has 0 atom stereocenters. The van der Waals surface area contributed by atoms with Gasteiger partial charge in [-0.2, -0.15) is 0 Å². The Labute approximate surface area is 111 Å². The normalized spacial score (nSPS) is 10.6. The molecule has 1 N–H and O–H groups in total. The lowest BCUT2D eigenvalue weighted by Crippen LogP contribution is -2.04. The predicted molar refractivity (Wildman–Crippen MR) is 75.8 cm³/mol. The van der Waals surface area contributed by atoms with Gasteiger partial charge < -0.3 is 5.32 Å². The number of nitrogens with zero attached hydrogens (tertiary/aromatic N) is 3. The molecule has 4 heteroatoms. The van der Waals surface area contributed by atoms with Gasteiger partial charge in [-0.15, -0.1) is 0 Å². The highest BCUT2D eigenvalue weighted by Crippen LogP contribution is 2.19. The number of aromatic nitrogens is 3. The van der Waals surface area contributed by atoms with E-state index in [1.165, 1.54) is 5.56 Å². The standard InChI is InChI=1S/C15H14N4/c1-11-18-14-10-16-8-7-13(14)15(19-11)17-9-12-5-3-2-4-6-12/h2-8,10H,9H2,1H3,(H,17,18,19). The summed E-state index contributed by atoms with van der Waals surface area (Å²) in [7, 11) is 0. The average Bonchev–Trinajstić information content (AvgIpc) is 2.45. The molecule has 1 aromatic carbocycles. The maximum Gasteiger partial charge on any atom is 0.138 e. The van der Waals surface area contributed by atoms with Crippen LogP contribution in [0.2, 0.25) is 0 Å². The Balaban J connectivity index is 1.92. The summed E-state index contributed by atoms with van der Waals surface area (Å²) in [6.45, 7) is 2.63. The van der Waals surface area contributed by atoms with Crippen LogP contribution in [0.15, 0.2) is 48.8 Å². The summed E-state index contributed by atoms with van der Waals surface area (Å²) < 4.78 is 0. The molecule has 3 rings (SSSR count). The minimum Gasteiger partial charge on any atom is -0.365 e. The molecule has 3 aromatic rings. The van der Waals surface area contributed by atoms with E-state index in [1.807, 2.05) is 31.2 Å². The number of aryl methyl sites for hydroxylation is 1. The first-order valence-electron chi connectivity index (χ1n) is 6.19. The van der Waals surface area contributed by atoms with Gasteiger partial charge in [0.05, 0.1) is 11.7 Å². The van der Waals surface area contributed by atoms with E-state index in [-0.39, 0.29) is 0 Å². The number of pyridine rings is 1. The molecule has 2 heterocycles. The Morgan fingerprint density at radius 2 is 1.89 bits per heavy atom. The molecule has 0 unspecified atom stereocenters. The van der Waals surface area contributed by atoms with Crippen LogP contribution in [0.5, 0.6) is 0 Å². The molecular formula is C15H14N4. The molecule has 0 bridgehead atoms. The van der Waals surface area contributed by atoms with E-state index in [1.54, 1.807) is 12.4 Å². The van der Waals surface area contributed by atoms with Crippen molar-refractivity contribution in [2.45, 2.75) is 13.5 Å². The third-order valence-electron chi connectivity index (χ3n) is 2.91. The SMILES string of the molecule is Cc1nc(NCc2ccccc2)c2ccncc2n1. The Morgan fingerprint density at radius 3 is 2.74 bits per heavy atom. The van der Waals surface area contributed by atoms with Crippen LogP contribution in [-0.4, -0.2) is 15.0 Å². The van der Waals surface area contributed by atoms with Gasteiger partial charge in [0.1, 0.15) is 11.6 Å². The van der Waals surface area contributed by atoms with Crippen molar-refractivity contribution >= 4 is 16.7 Å². The van der Waals surface area contributed by atoms with Crippen LogP contribution < -0.4 is 5.32 Å². The second-order valence-corrected chi connectivity index (χ2v) is 4.35. The highest BCUT2D eigenvalue weighted by atomic mass is 15.0. The van der Waals surface area contributed by atoms with Crippen molar-refractivity contribution < 1.29 is 0 Å². The lowest BCUT2D eigenvalue weighted by molar-refractivity contribution is 1.05.